The van der Waals surface area contributed by atoms with E-state index >= 15 is 0 Å². The molecule has 7 heteroatoms. The van der Waals surface area contributed by atoms with Gasteiger partial charge in [0.25, 0.3) is 6.47 Å². The van der Waals surface area contributed by atoms with E-state index in [0.717, 1.165) is 43.3 Å². The van der Waals surface area contributed by atoms with Crippen LogP contribution in [0.2, 0.25) is 5.02 Å². The summed E-state index contributed by atoms with van der Waals surface area (Å²) in [6, 6.07) is 4.10. The highest BCUT2D eigenvalue weighted by Crippen LogP contribution is 2.21. The maximum Gasteiger partial charge on any atom is 0.290 e. The molecule has 2 aromatic heterocycles. The quantitative estimate of drug-likeness (QED) is 0.859. The molecular formula is C17H21ClN4O2. The summed E-state index contributed by atoms with van der Waals surface area (Å²) in [5.41, 5.74) is 3.69. The van der Waals surface area contributed by atoms with Crippen molar-refractivity contribution in [2.75, 3.05) is 31.1 Å². The van der Waals surface area contributed by atoms with Crippen molar-refractivity contribution < 1.29 is 9.90 Å². The first kappa shape index (κ1) is 18.2. The van der Waals surface area contributed by atoms with Crippen LogP contribution in [0.4, 0.5) is 5.69 Å². The molecule has 2 aromatic rings. The lowest BCUT2D eigenvalue weighted by molar-refractivity contribution is -0.122. The Morgan fingerprint density at radius 3 is 2.42 bits per heavy atom. The fourth-order valence-electron chi connectivity index (χ4n) is 2.74. The van der Waals surface area contributed by atoms with Crippen LogP contribution in [0.15, 0.2) is 36.9 Å². The summed E-state index contributed by atoms with van der Waals surface area (Å²) in [6.07, 6.45) is 7.31. The van der Waals surface area contributed by atoms with Crippen LogP contribution in [0.1, 0.15) is 11.1 Å². The molecule has 0 aliphatic carbocycles. The summed E-state index contributed by atoms with van der Waals surface area (Å²) < 4.78 is 0. The molecule has 3 rings (SSSR count). The predicted octanol–water partition coefficient (Wildman–Crippen LogP) is 2.46. The van der Waals surface area contributed by atoms with E-state index in [0.29, 0.717) is 0 Å². The minimum atomic E-state index is -0.250. The number of anilines is 1. The molecule has 0 amide bonds. The maximum absolute atomic E-state index is 8.36. The van der Waals surface area contributed by atoms with E-state index in [1.54, 1.807) is 12.4 Å². The first-order chi connectivity index (χ1) is 11.7. The van der Waals surface area contributed by atoms with E-state index in [2.05, 4.69) is 32.8 Å². The van der Waals surface area contributed by atoms with Gasteiger partial charge >= 0.3 is 0 Å². The Morgan fingerprint density at radius 2 is 1.79 bits per heavy atom. The number of hydrogen-bond acceptors (Lipinski definition) is 5. The number of piperazine rings is 1. The highest BCUT2D eigenvalue weighted by atomic mass is 35.5. The average molecular weight is 349 g/mol. The molecule has 0 saturated carbocycles. The molecule has 1 fully saturated rings. The number of carboxylic acid groups (broad SMARTS) is 1. The van der Waals surface area contributed by atoms with E-state index < -0.39 is 0 Å². The van der Waals surface area contributed by atoms with E-state index in [4.69, 9.17) is 21.5 Å². The van der Waals surface area contributed by atoms with Crippen LogP contribution in [0.25, 0.3) is 0 Å². The number of aryl methyl sites for hydroxylation is 1. The molecule has 0 aromatic carbocycles. The third-order valence-electron chi connectivity index (χ3n) is 3.95. The summed E-state index contributed by atoms with van der Waals surface area (Å²) in [4.78, 5) is 21.4. The molecule has 0 unspecified atom stereocenters. The van der Waals surface area contributed by atoms with Crippen molar-refractivity contribution in [2.45, 2.75) is 13.5 Å². The smallest absolute Gasteiger partial charge is 0.290 e. The summed E-state index contributed by atoms with van der Waals surface area (Å²) >= 11 is 6.18. The van der Waals surface area contributed by atoms with E-state index in [1.807, 2.05) is 18.5 Å². The van der Waals surface area contributed by atoms with Gasteiger partial charge in [-0.2, -0.15) is 0 Å². The van der Waals surface area contributed by atoms with Gasteiger partial charge in [0.05, 0.1) is 5.02 Å². The molecule has 24 heavy (non-hydrogen) atoms. The van der Waals surface area contributed by atoms with Crippen LogP contribution in [-0.2, 0) is 11.3 Å². The molecule has 1 aliphatic heterocycles. The van der Waals surface area contributed by atoms with Gasteiger partial charge in [-0.15, -0.1) is 0 Å². The summed E-state index contributed by atoms with van der Waals surface area (Å²) in [7, 11) is 0. The van der Waals surface area contributed by atoms with Crippen molar-refractivity contribution in [3.63, 3.8) is 0 Å². The van der Waals surface area contributed by atoms with Gasteiger partial charge in [0.15, 0.2) is 0 Å². The highest BCUT2D eigenvalue weighted by Gasteiger charge is 2.19. The number of carbonyl (C=O) groups is 1. The van der Waals surface area contributed by atoms with Crippen molar-refractivity contribution in [3.05, 3.63) is 53.1 Å². The number of nitrogens with zero attached hydrogens (tertiary/aromatic N) is 4. The van der Waals surface area contributed by atoms with Crippen LogP contribution in [-0.4, -0.2) is 52.6 Å². The van der Waals surface area contributed by atoms with Crippen LogP contribution in [0, 0.1) is 6.92 Å². The second-order valence-electron chi connectivity index (χ2n) is 5.50. The zero-order valence-corrected chi connectivity index (χ0v) is 14.4. The molecule has 0 radical (unpaired) electrons. The van der Waals surface area contributed by atoms with E-state index in [1.165, 1.54) is 11.3 Å². The van der Waals surface area contributed by atoms with Gasteiger partial charge in [-0.25, -0.2) is 0 Å². The van der Waals surface area contributed by atoms with Crippen molar-refractivity contribution in [3.8, 4) is 0 Å². The van der Waals surface area contributed by atoms with Crippen molar-refractivity contribution in [2.24, 2.45) is 0 Å². The molecule has 6 nitrogen and oxygen atoms in total. The summed E-state index contributed by atoms with van der Waals surface area (Å²) in [5.74, 6) is 0. The second kappa shape index (κ2) is 9.20. The Labute approximate surface area is 146 Å². The number of aromatic nitrogens is 2. The van der Waals surface area contributed by atoms with Gasteiger partial charge in [0.2, 0.25) is 0 Å². The van der Waals surface area contributed by atoms with Gasteiger partial charge in [-0.3, -0.25) is 19.7 Å². The molecule has 0 bridgehead atoms. The van der Waals surface area contributed by atoms with Crippen molar-refractivity contribution >= 4 is 23.8 Å². The zero-order chi connectivity index (χ0) is 17.4. The van der Waals surface area contributed by atoms with Crippen LogP contribution >= 0.6 is 11.6 Å². The number of rotatable bonds is 3. The monoisotopic (exact) mass is 348 g/mol. The molecule has 3 heterocycles. The first-order valence-electron chi connectivity index (χ1n) is 7.70. The molecule has 1 aliphatic rings. The summed E-state index contributed by atoms with van der Waals surface area (Å²) in [5, 5.41) is 7.64. The molecule has 1 saturated heterocycles. The van der Waals surface area contributed by atoms with Gasteiger partial charge in [0.1, 0.15) is 0 Å². The third-order valence-corrected chi connectivity index (χ3v) is 4.29. The Hall–Kier alpha value is -2.18. The standard InChI is InChI=1S/C16H19ClN4.CH2O2/c1-13-10-18-5-3-16(13)21-8-6-20(7-9-21)12-14-2-4-19-11-15(14)17;2-1-3/h2-5,10-11H,6-9,12H2,1H3;1H,(H,2,3). The van der Waals surface area contributed by atoms with Crippen LogP contribution in [0.5, 0.6) is 0 Å². The lowest BCUT2D eigenvalue weighted by Crippen LogP contribution is -2.46. The Morgan fingerprint density at radius 1 is 1.17 bits per heavy atom. The second-order valence-corrected chi connectivity index (χ2v) is 5.91. The maximum atomic E-state index is 8.36. The minimum Gasteiger partial charge on any atom is -0.483 e. The summed E-state index contributed by atoms with van der Waals surface area (Å²) in [6.45, 7) is 6.91. The van der Waals surface area contributed by atoms with Crippen molar-refractivity contribution in [1.82, 2.24) is 14.9 Å². The lowest BCUT2D eigenvalue weighted by atomic mass is 10.2. The molecular weight excluding hydrogens is 328 g/mol. The number of hydrogen-bond donors (Lipinski definition) is 1. The largest absolute Gasteiger partial charge is 0.483 e. The minimum absolute atomic E-state index is 0.250. The SMILES string of the molecule is Cc1cnccc1N1CCN(Cc2ccncc2Cl)CC1.O=CO. The lowest BCUT2D eigenvalue weighted by Gasteiger charge is -2.36. The van der Waals surface area contributed by atoms with E-state index in [-0.39, 0.29) is 6.47 Å². The van der Waals surface area contributed by atoms with Crippen LogP contribution in [0.3, 0.4) is 0 Å². The fraction of sp³-hybridized carbons (Fsp3) is 0.353. The topological polar surface area (TPSA) is 69.6 Å². The Balaban J connectivity index is 0.000000647. The molecule has 0 atom stereocenters. The Bertz CT molecular complexity index is 661. The number of halogens is 1. The molecule has 128 valence electrons. The van der Waals surface area contributed by atoms with Gasteiger partial charge in [-0.1, -0.05) is 11.6 Å². The zero-order valence-electron chi connectivity index (χ0n) is 13.6. The normalized spacial score (nSPS) is 14.7. The number of pyridine rings is 2. The van der Waals surface area contributed by atoms with Gasteiger partial charge in [-0.05, 0) is 30.2 Å². The third kappa shape index (κ3) is 4.91. The highest BCUT2D eigenvalue weighted by molar-refractivity contribution is 6.31. The molecule has 0 spiro atoms. The Kier molecular flexibility index (Phi) is 6.96. The molecule has 1 N–H and O–H groups in total. The van der Waals surface area contributed by atoms with E-state index in [9.17, 15) is 0 Å². The van der Waals surface area contributed by atoms with Crippen molar-refractivity contribution in [1.29, 1.82) is 0 Å². The average Bonchev–Trinajstić information content (AvgIpc) is 2.59. The van der Waals surface area contributed by atoms with Crippen LogP contribution < -0.4 is 4.90 Å². The predicted molar refractivity (Wildman–Crippen MR) is 94.4 cm³/mol. The fourth-order valence-corrected chi connectivity index (χ4v) is 2.92. The van der Waals surface area contributed by atoms with Gasteiger partial charge < -0.3 is 10.0 Å². The van der Waals surface area contributed by atoms with Gasteiger partial charge in [0, 0.05) is 63.2 Å². The first-order valence-corrected chi connectivity index (χ1v) is 8.07.